The molecule has 1 aromatic heterocycles. The molecule has 0 saturated carbocycles. The summed E-state index contributed by atoms with van der Waals surface area (Å²) in [5.41, 5.74) is 5.39. The van der Waals surface area contributed by atoms with Crippen LogP contribution in [-0.2, 0) is 4.79 Å². The van der Waals surface area contributed by atoms with Crippen LogP contribution < -0.4 is 11.1 Å². The van der Waals surface area contributed by atoms with Crippen LogP contribution in [0.15, 0.2) is 18.3 Å². The molecule has 1 amide bonds. The van der Waals surface area contributed by atoms with Crippen molar-refractivity contribution >= 4 is 17.7 Å². The summed E-state index contributed by atoms with van der Waals surface area (Å²) in [5.74, 6) is -1.31. The summed E-state index contributed by atoms with van der Waals surface area (Å²) in [5, 5.41) is 11.7. The predicted molar refractivity (Wildman–Crippen MR) is 62.7 cm³/mol. The number of aliphatic carboxylic acids is 1. The second kappa shape index (κ2) is 5.83. The van der Waals surface area contributed by atoms with Crippen LogP contribution in [0.25, 0.3) is 0 Å². The van der Waals surface area contributed by atoms with Crippen molar-refractivity contribution in [3.63, 3.8) is 0 Å². The van der Waals surface area contributed by atoms with Crippen molar-refractivity contribution in [1.82, 2.24) is 4.98 Å². The number of nitrogens with one attached hydrogen (secondary N) is 1. The molecule has 0 aliphatic heterocycles. The fraction of sp³-hybridized carbons (Fsp3) is 0.364. The number of carboxylic acids is 1. The van der Waals surface area contributed by atoms with Gasteiger partial charge in [0, 0.05) is 12.7 Å². The number of rotatable bonds is 6. The molecule has 0 aromatic carbocycles. The van der Waals surface area contributed by atoms with E-state index in [0.717, 1.165) is 0 Å². The van der Waals surface area contributed by atoms with Crippen molar-refractivity contribution < 1.29 is 14.7 Å². The highest BCUT2D eigenvalue weighted by molar-refractivity contribution is 5.92. The highest BCUT2D eigenvalue weighted by Gasteiger charge is 2.14. The van der Waals surface area contributed by atoms with Gasteiger partial charge in [-0.3, -0.25) is 9.59 Å². The Balaban J connectivity index is 2.58. The zero-order chi connectivity index (χ0) is 12.8. The highest BCUT2D eigenvalue weighted by atomic mass is 16.4. The second-order valence-corrected chi connectivity index (χ2v) is 3.62. The van der Waals surface area contributed by atoms with Crippen molar-refractivity contribution in [3.8, 4) is 0 Å². The molecule has 0 aliphatic rings. The Bertz CT molecular complexity index is 403. The number of primary amides is 1. The Morgan fingerprint density at radius 3 is 2.65 bits per heavy atom. The lowest BCUT2D eigenvalue weighted by Gasteiger charge is -2.11. The zero-order valence-electron chi connectivity index (χ0n) is 9.51. The van der Waals surface area contributed by atoms with Gasteiger partial charge in [0.1, 0.15) is 5.82 Å². The van der Waals surface area contributed by atoms with Crippen molar-refractivity contribution in [2.24, 2.45) is 11.7 Å². The molecular weight excluding hydrogens is 222 g/mol. The third-order valence-corrected chi connectivity index (χ3v) is 2.42. The minimum atomic E-state index is -0.839. The van der Waals surface area contributed by atoms with Crippen molar-refractivity contribution in [2.45, 2.75) is 13.3 Å². The molecule has 17 heavy (non-hydrogen) atoms. The van der Waals surface area contributed by atoms with E-state index in [2.05, 4.69) is 10.3 Å². The van der Waals surface area contributed by atoms with Gasteiger partial charge in [0.15, 0.2) is 0 Å². The number of anilines is 1. The van der Waals surface area contributed by atoms with Crippen LogP contribution in [0, 0.1) is 5.92 Å². The molecule has 0 bridgehead atoms. The van der Waals surface area contributed by atoms with Gasteiger partial charge in [-0.15, -0.1) is 0 Å². The van der Waals surface area contributed by atoms with Crippen LogP contribution in [0.1, 0.15) is 23.7 Å². The number of carbonyl (C=O) groups excluding carboxylic acids is 1. The number of nitrogens with zero attached hydrogens (tertiary/aromatic N) is 1. The van der Waals surface area contributed by atoms with Crippen molar-refractivity contribution in [3.05, 3.63) is 23.9 Å². The molecule has 0 spiro atoms. The predicted octanol–water partition coefficient (Wildman–Crippen LogP) is 0.703. The SMILES string of the molecule is CCC(CNc1ccc(C(N)=O)cn1)C(=O)O. The fourth-order valence-electron chi connectivity index (χ4n) is 1.28. The normalized spacial score (nSPS) is 11.8. The van der Waals surface area contributed by atoms with Gasteiger partial charge >= 0.3 is 5.97 Å². The lowest BCUT2D eigenvalue weighted by Crippen LogP contribution is -2.22. The quantitative estimate of drug-likeness (QED) is 0.675. The highest BCUT2D eigenvalue weighted by Crippen LogP contribution is 2.08. The van der Waals surface area contributed by atoms with Crippen molar-refractivity contribution in [2.75, 3.05) is 11.9 Å². The number of aromatic nitrogens is 1. The Morgan fingerprint density at radius 2 is 2.24 bits per heavy atom. The van der Waals surface area contributed by atoms with Gasteiger partial charge in [-0.2, -0.15) is 0 Å². The first kappa shape index (κ1) is 13.0. The first-order valence-corrected chi connectivity index (χ1v) is 5.27. The van der Waals surface area contributed by atoms with E-state index in [0.29, 0.717) is 24.3 Å². The molecule has 1 atom stereocenters. The number of amides is 1. The van der Waals surface area contributed by atoms with E-state index in [-0.39, 0.29) is 0 Å². The molecular formula is C11H15N3O3. The van der Waals surface area contributed by atoms with Gasteiger partial charge in [0.25, 0.3) is 0 Å². The standard InChI is InChI=1S/C11H15N3O3/c1-2-7(11(16)17)5-13-9-4-3-8(6-14-9)10(12)15/h3-4,6-7H,2,5H2,1H3,(H2,12,15)(H,13,14)(H,16,17). The molecule has 4 N–H and O–H groups in total. The van der Waals surface area contributed by atoms with E-state index < -0.39 is 17.8 Å². The number of hydrogen-bond donors (Lipinski definition) is 3. The first-order valence-electron chi connectivity index (χ1n) is 5.27. The number of nitrogens with two attached hydrogens (primary N) is 1. The van der Waals surface area contributed by atoms with Gasteiger partial charge in [-0.1, -0.05) is 6.92 Å². The van der Waals surface area contributed by atoms with Crippen LogP contribution in [0.2, 0.25) is 0 Å². The third-order valence-electron chi connectivity index (χ3n) is 2.42. The van der Waals surface area contributed by atoms with Gasteiger partial charge < -0.3 is 16.2 Å². The molecule has 1 aromatic rings. The minimum absolute atomic E-state index is 0.300. The van der Waals surface area contributed by atoms with E-state index in [1.807, 2.05) is 6.92 Å². The Hall–Kier alpha value is -2.11. The maximum atomic E-state index is 10.8. The molecule has 0 saturated heterocycles. The molecule has 0 radical (unpaired) electrons. The minimum Gasteiger partial charge on any atom is -0.481 e. The topological polar surface area (TPSA) is 105 Å². The van der Waals surface area contributed by atoms with Gasteiger partial charge in [-0.05, 0) is 18.6 Å². The Labute approximate surface area is 98.8 Å². The molecule has 0 fully saturated rings. The molecule has 92 valence electrons. The average Bonchev–Trinajstić information content (AvgIpc) is 2.30. The van der Waals surface area contributed by atoms with E-state index >= 15 is 0 Å². The van der Waals surface area contributed by atoms with Gasteiger partial charge in [0.2, 0.25) is 5.91 Å². The van der Waals surface area contributed by atoms with Gasteiger partial charge in [-0.25, -0.2) is 4.98 Å². The number of carboxylic acid groups (broad SMARTS) is 1. The summed E-state index contributed by atoms with van der Waals surface area (Å²) in [6, 6.07) is 3.13. The summed E-state index contributed by atoms with van der Waals surface area (Å²) in [7, 11) is 0. The summed E-state index contributed by atoms with van der Waals surface area (Å²) in [6.45, 7) is 2.11. The first-order chi connectivity index (χ1) is 8.04. The Kier molecular flexibility index (Phi) is 4.45. The van der Waals surface area contributed by atoms with Crippen LogP contribution in [-0.4, -0.2) is 28.5 Å². The molecule has 1 unspecified atom stereocenters. The summed E-state index contributed by atoms with van der Waals surface area (Å²) in [6.07, 6.45) is 1.90. The average molecular weight is 237 g/mol. The molecule has 6 nitrogen and oxygen atoms in total. The van der Waals surface area contributed by atoms with Crippen molar-refractivity contribution in [1.29, 1.82) is 0 Å². The zero-order valence-corrected chi connectivity index (χ0v) is 9.51. The van der Waals surface area contributed by atoms with Gasteiger partial charge in [0.05, 0.1) is 11.5 Å². The lowest BCUT2D eigenvalue weighted by atomic mass is 10.1. The largest absolute Gasteiger partial charge is 0.481 e. The molecule has 6 heteroatoms. The number of carbonyl (C=O) groups is 2. The fourth-order valence-corrected chi connectivity index (χ4v) is 1.28. The summed E-state index contributed by atoms with van der Waals surface area (Å²) >= 11 is 0. The van der Waals surface area contributed by atoms with E-state index in [1.54, 1.807) is 12.1 Å². The molecule has 1 rings (SSSR count). The van der Waals surface area contributed by atoms with Crippen LogP contribution >= 0.6 is 0 Å². The van der Waals surface area contributed by atoms with E-state index in [4.69, 9.17) is 10.8 Å². The second-order valence-electron chi connectivity index (χ2n) is 3.62. The summed E-state index contributed by atoms with van der Waals surface area (Å²) in [4.78, 5) is 25.5. The summed E-state index contributed by atoms with van der Waals surface area (Å²) < 4.78 is 0. The maximum absolute atomic E-state index is 10.8. The van der Waals surface area contributed by atoms with E-state index in [9.17, 15) is 9.59 Å². The smallest absolute Gasteiger partial charge is 0.308 e. The van der Waals surface area contributed by atoms with E-state index in [1.165, 1.54) is 6.20 Å². The van der Waals surface area contributed by atoms with Crippen LogP contribution in [0.5, 0.6) is 0 Å². The molecule has 0 aliphatic carbocycles. The Morgan fingerprint density at radius 1 is 1.53 bits per heavy atom. The lowest BCUT2D eigenvalue weighted by molar-refractivity contribution is -0.141. The third kappa shape index (κ3) is 3.75. The van der Waals surface area contributed by atoms with Crippen LogP contribution in [0.4, 0.5) is 5.82 Å². The maximum Gasteiger partial charge on any atom is 0.308 e. The number of hydrogen-bond acceptors (Lipinski definition) is 4. The number of pyridine rings is 1. The monoisotopic (exact) mass is 237 g/mol. The van der Waals surface area contributed by atoms with Crippen LogP contribution in [0.3, 0.4) is 0 Å². The molecule has 1 heterocycles.